The second kappa shape index (κ2) is 6.94. The third-order valence-corrected chi connectivity index (χ3v) is 2.49. The van der Waals surface area contributed by atoms with Crippen LogP contribution >= 0.6 is 24.8 Å². The molecule has 0 bridgehead atoms. The fourth-order valence-electron chi connectivity index (χ4n) is 1.81. The van der Waals surface area contributed by atoms with Gasteiger partial charge in [0.15, 0.2) is 0 Å². The van der Waals surface area contributed by atoms with Crippen molar-refractivity contribution in [3.05, 3.63) is 30.3 Å². The molecule has 0 aromatic heterocycles. The van der Waals surface area contributed by atoms with E-state index < -0.39 is 0 Å². The molecule has 0 spiro atoms. The molecule has 1 aliphatic heterocycles. The van der Waals surface area contributed by atoms with Gasteiger partial charge in [0.2, 0.25) is 0 Å². The third kappa shape index (κ3) is 3.90. The summed E-state index contributed by atoms with van der Waals surface area (Å²) in [5, 5.41) is 3.44. The van der Waals surface area contributed by atoms with Crippen molar-refractivity contribution in [3.63, 3.8) is 0 Å². The number of halogens is 2. The minimum atomic E-state index is 0. The largest absolute Gasteiger partial charge is 0.369 e. The Kier molecular flexibility index (Phi) is 6.73. The van der Waals surface area contributed by atoms with Crippen LogP contribution in [0.15, 0.2) is 30.3 Å². The summed E-state index contributed by atoms with van der Waals surface area (Å²) in [4.78, 5) is 2.43. The van der Waals surface area contributed by atoms with Crippen LogP contribution in [-0.4, -0.2) is 25.7 Å². The zero-order valence-electron chi connectivity index (χ0n) is 8.85. The molecule has 1 atom stereocenters. The van der Waals surface area contributed by atoms with Gasteiger partial charge in [-0.25, -0.2) is 0 Å². The Labute approximate surface area is 104 Å². The second-order valence-electron chi connectivity index (χ2n) is 3.64. The highest BCUT2D eigenvalue weighted by Gasteiger charge is 2.14. The lowest BCUT2D eigenvalue weighted by atomic mass is 10.2. The summed E-state index contributed by atoms with van der Waals surface area (Å²) < 4.78 is 0. The number of hydrogen-bond acceptors (Lipinski definition) is 2. The van der Waals surface area contributed by atoms with Gasteiger partial charge in [0.05, 0.1) is 0 Å². The van der Waals surface area contributed by atoms with E-state index in [9.17, 15) is 0 Å². The van der Waals surface area contributed by atoms with Crippen molar-refractivity contribution < 1.29 is 0 Å². The molecule has 86 valence electrons. The summed E-state index contributed by atoms with van der Waals surface area (Å²) in [5.41, 5.74) is 1.34. The van der Waals surface area contributed by atoms with Gasteiger partial charge in [-0.3, -0.25) is 0 Å². The van der Waals surface area contributed by atoms with Crippen LogP contribution < -0.4 is 10.2 Å². The van der Waals surface area contributed by atoms with Gasteiger partial charge in [0.25, 0.3) is 0 Å². The van der Waals surface area contributed by atoms with E-state index in [1.165, 1.54) is 5.69 Å². The van der Waals surface area contributed by atoms with Crippen LogP contribution in [0.4, 0.5) is 5.69 Å². The molecule has 0 amide bonds. The van der Waals surface area contributed by atoms with Gasteiger partial charge in [-0.15, -0.1) is 24.8 Å². The van der Waals surface area contributed by atoms with E-state index in [1.807, 2.05) is 0 Å². The number of benzene rings is 1. The SMILES string of the molecule is C[C@H]1CN(c2ccccc2)CCN1.Cl.Cl. The van der Waals surface area contributed by atoms with Crippen molar-refractivity contribution in [2.75, 3.05) is 24.5 Å². The maximum absolute atomic E-state index is 3.44. The molecular weight excluding hydrogens is 231 g/mol. The molecule has 1 N–H and O–H groups in total. The molecule has 0 radical (unpaired) electrons. The van der Waals surface area contributed by atoms with E-state index in [1.54, 1.807) is 0 Å². The molecule has 1 saturated heterocycles. The average Bonchev–Trinajstić information content (AvgIpc) is 2.19. The van der Waals surface area contributed by atoms with Crippen molar-refractivity contribution in [3.8, 4) is 0 Å². The first kappa shape index (κ1) is 14.6. The highest BCUT2D eigenvalue weighted by Crippen LogP contribution is 2.14. The van der Waals surface area contributed by atoms with E-state index in [4.69, 9.17) is 0 Å². The van der Waals surface area contributed by atoms with Gasteiger partial charge in [0.1, 0.15) is 0 Å². The van der Waals surface area contributed by atoms with Gasteiger partial charge in [-0.2, -0.15) is 0 Å². The number of hydrogen-bond donors (Lipinski definition) is 1. The Balaban J connectivity index is 0.000000980. The van der Waals surface area contributed by atoms with Crippen LogP contribution in [0.5, 0.6) is 0 Å². The first-order valence-electron chi connectivity index (χ1n) is 4.89. The molecule has 1 aliphatic rings. The molecule has 4 heteroatoms. The van der Waals surface area contributed by atoms with Gasteiger partial charge >= 0.3 is 0 Å². The van der Waals surface area contributed by atoms with Crippen molar-refractivity contribution >= 4 is 30.5 Å². The standard InChI is InChI=1S/C11H16N2.2ClH/c1-10-9-13(8-7-12-10)11-5-3-2-4-6-11;;/h2-6,10,12H,7-9H2,1H3;2*1H/t10-;;/m0../s1. The fraction of sp³-hybridized carbons (Fsp3) is 0.455. The number of piperazine rings is 1. The summed E-state index contributed by atoms with van der Waals surface area (Å²) in [7, 11) is 0. The Morgan fingerprint density at radius 1 is 1.20 bits per heavy atom. The van der Waals surface area contributed by atoms with Crippen molar-refractivity contribution in [2.45, 2.75) is 13.0 Å². The highest BCUT2D eigenvalue weighted by atomic mass is 35.5. The lowest BCUT2D eigenvalue weighted by Gasteiger charge is -2.33. The molecule has 15 heavy (non-hydrogen) atoms. The van der Waals surface area contributed by atoms with E-state index in [2.05, 4.69) is 47.5 Å². The summed E-state index contributed by atoms with van der Waals surface area (Å²) >= 11 is 0. The smallest absolute Gasteiger partial charge is 0.0367 e. The average molecular weight is 249 g/mol. The number of para-hydroxylation sites is 1. The van der Waals surface area contributed by atoms with E-state index in [0.29, 0.717) is 6.04 Å². The summed E-state index contributed by atoms with van der Waals surface area (Å²) in [5.74, 6) is 0. The van der Waals surface area contributed by atoms with Crippen molar-refractivity contribution in [2.24, 2.45) is 0 Å². The van der Waals surface area contributed by atoms with Crippen LogP contribution in [0, 0.1) is 0 Å². The van der Waals surface area contributed by atoms with E-state index in [-0.39, 0.29) is 24.8 Å². The van der Waals surface area contributed by atoms with Crippen LogP contribution in [0.3, 0.4) is 0 Å². The molecule has 2 nitrogen and oxygen atoms in total. The number of nitrogens with zero attached hydrogens (tertiary/aromatic N) is 1. The number of anilines is 1. The van der Waals surface area contributed by atoms with Crippen LogP contribution in [0.2, 0.25) is 0 Å². The van der Waals surface area contributed by atoms with Crippen molar-refractivity contribution in [1.82, 2.24) is 5.32 Å². The summed E-state index contributed by atoms with van der Waals surface area (Å²) in [6.07, 6.45) is 0. The minimum Gasteiger partial charge on any atom is -0.369 e. The monoisotopic (exact) mass is 248 g/mol. The Morgan fingerprint density at radius 3 is 2.47 bits per heavy atom. The Bertz CT molecular complexity index is 267. The van der Waals surface area contributed by atoms with Crippen molar-refractivity contribution in [1.29, 1.82) is 0 Å². The summed E-state index contributed by atoms with van der Waals surface area (Å²) in [6, 6.07) is 11.2. The molecular formula is C11H18Cl2N2. The Morgan fingerprint density at radius 2 is 1.87 bits per heavy atom. The maximum Gasteiger partial charge on any atom is 0.0367 e. The quantitative estimate of drug-likeness (QED) is 0.821. The predicted octanol–water partition coefficient (Wildman–Crippen LogP) is 2.33. The second-order valence-corrected chi connectivity index (χ2v) is 3.64. The van der Waals surface area contributed by atoms with Crippen LogP contribution in [0.25, 0.3) is 0 Å². The molecule has 1 aromatic carbocycles. The van der Waals surface area contributed by atoms with Gasteiger partial charge in [-0.05, 0) is 19.1 Å². The van der Waals surface area contributed by atoms with E-state index in [0.717, 1.165) is 19.6 Å². The first-order chi connectivity index (χ1) is 6.36. The number of nitrogens with one attached hydrogen (secondary N) is 1. The zero-order chi connectivity index (χ0) is 9.10. The first-order valence-corrected chi connectivity index (χ1v) is 4.89. The maximum atomic E-state index is 3.44. The fourth-order valence-corrected chi connectivity index (χ4v) is 1.81. The van der Waals surface area contributed by atoms with Gasteiger partial charge in [-0.1, -0.05) is 18.2 Å². The molecule has 1 fully saturated rings. The molecule has 0 saturated carbocycles. The lowest BCUT2D eigenvalue weighted by Crippen LogP contribution is -2.49. The highest BCUT2D eigenvalue weighted by molar-refractivity contribution is 5.85. The lowest BCUT2D eigenvalue weighted by molar-refractivity contribution is 0.485. The Hall–Kier alpha value is -0.440. The molecule has 0 unspecified atom stereocenters. The van der Waals surface area contributed by atoms with E-state index >= 15 is 0 Å². The molecule has 2 rings (SSSR count). The third-order valence-electron chi connectivity index (χ3n) is 2.49. The normalized spacial score (nSPS) is 20.1. The molecule has 0 aliphatic carbocycles. The molecule has 1 heterocycles. The van der Waals surface area contributed by atoms with Gasteiger partial charge in [0, 0.05) is 31.4 Å². The number of rotatable bonds is 1. The van der Waals surface area contributed by atoms with Crippen LogP contribution in [-0.2, 0) is 0 Å². The zero-order valence-corrected chi connectivity index (χ0v) is 10.5. The summed E-state index contributed by atoms with van der Waals surface area (Å²) in [6.45, 7) is 5.56. The topological polar surface area (TPSA) is 15.3 Å². The van der Waals surface area contributed by atoms with Gasteiger partial charge < -0.3 is 10.2 Å². The predicted molar refractivity (Wildman–Crippen MR) is 70.6 cm³/mol. The minimum absolute atomic E-state index is 0. The molecule has 1 aromatic rings. The van der Waals surface area contributed by atoms with Crippen LogP contribution in [0.1, 0.15) is 6.92 Å².